The smallest absolute Gasteiger partial charge is 0.485 e. The number of hydrogen-bond acceptors (Lipinski definition) is 4. The molecule has 8 heteroatoms. The van der Waals surface area contributed by atoms with E-state index in [4.69, 9.17) is 14.6 Å². The molecule has 4 rings (SSSR count). The third kappa shape index (κ3) is 3.30. The molecule has 1 saturated carbocycles. The Morgan fingerprint density at radius 2 is 2.04 bits per heavy atom. The van der Waals surface area contributed by atoms with E-state index in [1.54, 1.807) is 19.2 Å². The standard InChI is InChI=1S/C19H16F2N2O4/c1-10-18(27-19(24)25)23-8-12(11-5-6-11)7-16(17(23)22-10)26-9-13-14(20)3-2-4-15(13)21/h2-4,7-8,11H,5-6,9H2,1H3,(H,24,25). The molecule has 1 aliphatic rings. The largest absolute Gasteiger partial charge is 0.512 e. The average Bonchev–Trinajstić information content (AvgIpc) is 3.41. The first-order valence-corrected chi connectivity index (χ1v) is 8.43. The molecule has 0 atom stereocenters. The second-order valence-electron chi connectivity index (χ2n) is 6.46. The van der Waals surface area contributed by atoms with Gasteiger partial charge in [-0.15, -0.1) is 0 Å². The van der Waals surface area contributed by atoms with Gasteiger partial charge in [0.1, 0.15) is 23.9 Å². The van der Waals surface area contributed by atoms with Crippen LogP contribution in [0, 0.1) is 18.6 Å². The van der Waals surface area contributed by atoms with Gasteiger partial charge in [0.25, 0.3) is 0 Å². The third-order valence-electron chi connectivity index (χ3n) is 4.49. The van der Waals surface area contributed by atoms with Gasteiger partial charge < -0.3 is 14.6 Å². The molecule has 0 radical (unpaired) electrons. The zero-order valence-corrected chi connectivity index (χ0v) is 14.4. The molecule has 0 amide bonds. The van der Waals surface area contributed by atoms with E-state index in [9.17, 15) is 13.6 Å². The van der Waals surface area contributed by atoms with Gasteiger partial charge in [-0.1, -0.05) is 6.07 Å². The summed E-state index contributed by atoms with van der Waals surface area (Å²) in [5, 5.41) is 8.96. The minimum Gasteiger partial charge on any atom is -0.485 e. The van der Waals surface area contributed by atoms with E-state index in [0.29, 0.717) is 23.0 Å². The molecule has 6 nitrogen and oxygen atoms in total. The fourth-order valence-corrected chi connectivity index (χ4v) is 3.00. The van der Waals surface area contributed by atoms with E-state index in [1.165, 1.54) is 10.5 Å². The molecule has 140 valence electrons. The molecule has 27 heavy (non-hydrogen) atoms. The molecule has 0 bridgehead atoms. The van der Waals surface area contributed by atoms with E-state index in [0.717, 1.165) is 30.5 Å². The van der Waals surface area contributed by atoms with Crippen molar-refractivity contribution in [3.05, 3.63) is 58.9 Å². The fourth-order valence-electron chi connectivity index (χ4n) is 3.00. The van der Waals surface area contributed by atoms with Gasteiger partial charge in [-0.05, 0) is 49.4 Å². The van der Waals surface area contributed by atoms with Crippen LogP contribution in [0.25, 0.3) is 5.65 Å². The fraction of sp³-hybridized carbons (Fsp3) is 0.263. The first-order chi connectivity index (χ1) is 12.9. The number of carbonyl (C=O) groups is 1. The minimum absolute atomic E-state index is 0.0712. The highest BCUT2D eigenvalue weighted by molar-refractivity contribution is 5.65. The van der Waals surface area contributed by atoms with Crippen LogP contribution in [0.1, 0.15) is 35.6 Å². The van der Waals surface area contributed by atoms with Gasteiger partial charge in [0.15, 0.2) is 11.4 Å². The Balaban J connectivity index is 1.76. The van der Waals surface area contributed by atoms with Gasteiger partial charge in [0, 0.05) is 6.20 Å². The Labute approximate surface area is 153 Å². The number of aromatic nitrogens is 2. The van der Waals surface area contributed by atoms with E-state index in [1.807, 2.05) is 0 Å². The van der Waals surface area contributed by atoms with Crippen molar-refractivity contribution in [2.75, 3.05) is 0 Å². The van der Waals surface area contributed by atoms with E-state index in [-0.39, 0.29) is 18.1 Å². The summed E-state index contributed by atoms with van der Waals surface area (Å²) in [4.78, 5) is 15.3. The van der Waals surface area contributed by atoms with Gasteiger partial charge in [-0.2, -0.15) is 0 Å². The number of hydrogen-bond donors (Lipinski definition) is 1. The topological polar surface area (TPSA) is 73.1 Å². The number of benzene rings is 1. The summed E-state index contributed by atoms with van der Waals surface area (Å²) >= 11 is 0. The van der Waals surface area contributed by atoms with Crippen LogP contribution < -0.4 is 9.47 Å². The van der Waals surface area contributed by atoms with Crippen LogP contribution in [0.4, 0.5) is 13.6 Å². The lowest BCUT2D eigenvalue weighted by Crippen LogP contribution is -2.07. The van der Waals surface area contributed by atoms with E-state index < -0.39 is 17.8 Å². The molecule has 1 N–H and O–H groups in total. The molecular weight excluding hydrogens is 358 g/mol. The summed E-state index contributed by atoms with van der Waals surface area (Å²) in [5.74, 6) is -0.674. The maximum atomic E-state index is 13.9. The van der Waals surface area contributed by atoms with Crippen molar-refractivity contribution in [2.45, 2.75) is 32.3 Å². The van der Waals surface area contributed by atoms with Crippen molar-refractivity contribution in [1.82, 2.24) is 9.38 Å². The van der Waals surface area contributed by atoms with E-state index in [2.05, 4.69) is 4.98 Å². The van der Waals surface area contributed by atoms with Crippen molar-refractivity contribution >= 4 is 11.8 Å². The molecule has 2 aromatic heterocycles. The van der Waals surface area contributed by atoms with Gasteiger partial charge >= 0.3 is 6.16 Å². The second-order valence-corrected chi connectivity index (χ2v) is 6.46. The summed E-state index contributed by atoms with van der Waals surface area (Å²) < 4.78 is 39.8. The van der Waals surface area contributed by atoms with Crippen LogP contribution in [0.3, 0.4) is 0 Å². The molecule has 0 spiro atoms. The molecule has 3 aromatic rings. The normalized spacial score (nSPS) is 13.7. The van der Waals surface area contributed by atoms with Crippen LogP contribution in [-0.2, 0) is 6.61 Å². The first kappa shape index (κ1) is 17.3. The van der Waals surface area contributed by atoms with Crippen LogP contribution in [0.15, 0.2) is 30.5 Å². The molecule has 1 fully saturated rings. The second kappa shape index (κ2) is 6.53. The summed E-state index contributed by atoms with van der Waals surface area (Å²) in [6, 6.07) is 5.39. The highest BCUT2D eigenvalue weighted by atomic mass is 19.1. The van der Waals surface area contributed by atoms with Crippen molar-refractivity contribution in [3.8, 4) is 11.6 Å². The predicted molar refractivity (Wildman–Crippen MR) is 91.2 cm³/mol. The monoisotopic (exact) mass is 374 g/mol. The Bertz CT molecular complexity index is 1020. The average molecular weight is 374 g/mol. The zero-order valence-electron chi connectivity index (χ0n) is 14.4. The van der Waals surface area contributed by atoms with Crippen molar-refractivity contribution in [3.63, 3.8) is 0 Å². The molecule has 0 unspecified atom stereocenters. The van der Waals surface area contributed by atoms with Crippen LogP contribution in [0.5, 0.6) is 11.6 Å². The van der Waals surface area contributed by atoms with Crippen molar-refractivity contribution in [1.29, 1.82) is 0 Å². The lowest BCUT2D eigenvalue weighted by molar-refractivity contribution is 0.141. The highest BCUT2D eigenvalue weighted by Crippen LogP contribution is 2.42. The number of nitrogens with zero attached hydrogens (tertiary/aromatic N) is 2. The zero-order chi connectivity index (χ0) is 19.1. The lowest BCUT2D eigenvalue weighted by Gasteiger charge is -2.11. The number of aryl methyl sites for hydroxylation is 1. The molecular formula is C19H16F2N2O4. The SMILES string of the molecule is Cc1nc2c(OCc3c(F)cccc3F)cc(C3CC3)cn2c1OC(=O)O. The third-order valence-corrected chi connectivity index (χ3v) is 4.49. The number of carboxylic acid groups (broad SMARTS) is 1. The maximum absolute atomic E-state index is 13.9. The summed E-state index contributed by atoms with van der Waals surface area (Å²) in [6.07, 6.45) is 2.33. The van der Waals surface area contributed by atoms with Crippen molar-refractivity contribution in [2.24, 2.45) is 0 Å². The maximum Gasteiger partial charge on any atom is 0.512 e. The highest BCUT2D eigenvalue weighted by Gasteiger charge is 2.27. The molecule has 0 saturated heterocycles. The Hall–Kier alpha value is -3.16. The molecule has 1 aromatic carbocycles. The van der Waals surface area contributed by atoms with Crippen LogP contribution in [0.2, 0.25) is 0 Å². The predicted octanol–water partition coefficient (Wildman–Crippen LogP) is 4.43. The number of fused-ring (bicyclic) bond motifs is 1. The minimum atomic E-state index is -1.45. The molecule has 2 heterocycles. The van der Waals surface area contributed by atoms with Crippen molar-refractivity contribution < 1.29 is 28.2 Å². The summed E-state index contributed by atoms with van der Waals surface area (Å²) in [5.41, 5.74) is 1.44. The molecule has 1 aliphatic carbocycles. The number of imidazole rings is 1. The number of pyridine rings is 1. The number of ether oxygens (including phenoxy) is 2. The first-order valence-electron chi connectivity index (χ1n) is 8.43. The lowest BCUT2D eigenvalue weighted by atomic mass is 10.2. The summed E-state index contributed by atoms with van der Waals surface area (Å²) in [7, 11) is 0. The summed E-state index contributed by atoms with van der Waals surface area (Å²) in [6.45, 7) is 1.30. The number of rotatable bonds is 5. The quantitative estimate of drug-likeness (QED) is 0.669. The van der Waals surface area contributed by atoms with Gasteiger partial charge in [0.05, 0.1) is 5.56 Å². The van der Waals surface area contributed by atoms with Crippen LogP contribution in [-0.4, -0.2) is 20.6 Å². The van der Waals surface area contributed by atoms with E-state index >= 15 is 0 Å². The van der Waals surface area contributed by atoms with Crippen LogP contribution >= 0.6 is 0 Å². The van der Waals surface area contributed by atoms with Gasteiger partial charge in [-0.3, -0.25) is 4.40 Å². The number of halogens is 2. The Morgan fingerprint density at radius 1 is 1.33 bits per heavy atom. The molecule has 0 aliphatic heterocycles. The Morgan fingerprint density at radius 3 is 2.67 bits per heavy atom. The Kier molecular flexibility index (Phi) is 4.18. The van der Waals surface area contributed by atoms with Gasteiger partial charge in [-0.25, -0.2) is 18.6 Å². The van der Waals surface area contributed by atoms with Gasteiger partial charge in [0.2, 0.25) is 5.88 Å².